The van der Waals surface area contributed by atoms with Gasteiger partial charge in [0.2, 0.25) is 17.7 Å². The SMILES string of the molecule is C[C@@H](NC(=O)CCC(=O)N[C@H](Cc1ccccc1C(F)(F)F)C(N)=O)c1ccccc1. The molecule has 2 aromatic carbocycles. The number of hydrogen-bond donors (Lipinski definition) is 3. The smallest absolute Gasteiger partial charge is 0.368 e. The number of hydrogen-bond acceptors (Lipinski definition) is 3. The predicted octanol–water partition coefficient (Wildman–Crippen LogP) is 2.88. The van der Waals surface area contributed by atoms with Gasteiger partial charge in [0, 0.05) is 19.3 Å². The number of primary amides is 1. The van der Waals surface area contributed by atoms with Gasteiger partial charge in [0.25, 0.3) is 0 Å². The summed E-state index contributed by atoms with van der Waals surface area (Å²) in [5, 5.41) is 5.08. The molecule has 0 aliphatic carbocycles. The first-order valence-electron chi connectivity index (χ1n) is 9.66. The lowest BCUT2D eigenvalue weighted by Crippen LogP contribution is -2.46. The Bertz CT molecular complexity index is 917. The highest BCUT2D eigenvalue weighted by molar-refractivity contribution is 5.89. The van der Waals surface area contributed by atoms with Gasteiger partial charge in [0.15, 0.2) is 0 Å². The van der Waals surface area contributed by atoms with Crippen LogP contribution in [0.5, 0.6) is 0 Å². The molecule has 0 aromatic heterocycles. The molecule has 0 radical (unpaired) electrons. The molecule has 0 fully saturated rings. The molecule has 0 aliphatic rings. The zero-order valence-corrected chi connectivity index (χ0v) is 16.9. The summed E-state index contributed by atoms with van der Waals surface area (Å²) in [4.78, 5) is 35.9. The second kappa shape index (κ2) is 10.6. The topological polar surface area (TPSA) is 101 Å². The number of halogens is 3. The Balaban J connectivity index is 1.92. The van der Waals surface area contributed by atoms with Gasteiger partial charge in [-0.15, -0.1) is 0 Å². The maximum atomic E-state index is 13.2. The molecule has 0 bridgehead atoms. The molecule has 4 N–H and O–H groups in total. The summed E-state index contributed by atoms with van der Waals surface area (Å²) in [5.41, 5.74) is 5.11. The number of alkyl halides is 3. The minimum Gasteiger partial charge on any atom is -0.368 e. The normalized spacial score (nSPS) is 13.2. The van der Waals surface area contributed by atoms with Crippen molar-refractivity contribution in [1.82, 2.24) is 10.6 Å². The van der Waals surface area contributed by atoms with Gasteiger partial charge in [-0.2, -0.15) is 13.2 Å². The van der Waals surface area contributed by atoms with Crippen molar-refractivity contribution in [2.75, 3.05) is 0 Å². The summed E-state index contributed by atoms with van der Waals surface area (Å²) in [6.45, 7) is 1.80. The first kappa shape index (κ1) is 23.9. The van der Waals surface area contributed by atoms with Crippen LogP contribution in [-0.2, 0) is 27.0 Å². The van der Waals surface area contributed by atoms with E-state index >= 15 is 0 Å². The number of carbonyl (C=O) groups excluding carboxylic acids is 3. The molecular weight excluding hydrogens is 411 g/mol. The third-order valence-electron chi connectivity index (χ3n) is 4.68. The van der Waals surface area contributed by atoms with E-state index in [4.69, 9.17) is 5.73 Å². The van der Waals surface area contributed by atoms with Crippen molar-refractivity contribution in [3.63, 3.8) is 0 Å². The first-order chi connectivity index (χ1) is 14.6. The zero-order valence-electron chi connectivity index (χ0n) is 16.9. The highest BCUT2D eigenvalue weighted by Crippen LogP contribution is 2.32. The Hall–Kier alpha value is -3.36. The van der Waals surface area contributed by atoms with Crippen molar-refractivity contribution in [3.05, 3.63) is 71.3 Å². The molecule has 31 heavy (non-hydrogen) atoms. The molecule has 2 atom stereocenters. The molecule has 0 spiro atoms. The van der Waals surface area contributed by atoms with Crippen LogP contribution in [0.4, 0.5) is 13.2 Å². The van der Waals surface area contributed by atoms with Crippen LogP contribution < -0.4 is 16.4 Å². The maximum absolute atomic E-state index is 13.2. The van der Waals surface area contributed by atoms with Crippen molar-refractivity contribution in [2.24, 2.45) is 5.73 Å². The van der Waals surface area contributed by atoms with Crippen molar-refractivity contribution in [3.8, 4) is 0 Å². The third kappa shape index (κ3) is 7.44. The van der Waals surface area contributed by atoms with Crippen molar-refractivity contribution >= 4 is 17.7 Å². The largest absolute Gasteiger partial charge is 0.416 e. The second-order valence-corrected chi connectivity index (χ2v) is 7.08. The molecular formula is C22H24F3N3O3. The number of amides is 3. The molecule has 0 unspecified atom stereocenters. The Morgan fingerprint density at radius 3 is 2.03 bits per heavy atom. The lowest BCUT2D eigenvalue weighted by atomic mass is 9.99. The fraction of sp³-hybridized carbons (Fsp3) is 0.318. The summed E-state index contributed by atoms with van der Waals surface area (Å²) in [6, 6.07) is 12.4. The average molecular weight is 435 g/mol. The van der Waals surface area contributed by atoms with Gasteiger partial charge in [0.1, 0.15) is 6.04 Å². The Morgan fingerprint density at radius 1 is 0.903 bits per heavy atom. The van der Waals surface area contributed by atoms with E-state index in [-0.39, 0.29) is 30.4 Å². The van der Waals surface area contributed by atoms with E-state index in [1.165, 1.54) is 18.2 Å². The average Bonchev–Trinajstić information content (AvgIpc) is 2.72. The van der Waals surface area contributed by atoms with Crippen LogP contribution in [0.3, 0.4) is 0 Å². The summed E-state index contributed by atoms with van der Waals surface area (Å²) >= 11 is 0. The van der Waals surface area contributed by atoms with E-state index in [0.29, 0.717) is 0 Å². The van der Waals surface area contributed by atoms with Crippen LogP contribution in [0.1, 0.15) is 42.5 Å². The fourth-order valence-corrected chi connectivity index (χ4v) is 3.05. The van der Waals surface area contributed by atoms with Gasteiger partial charge in [0.05, 0.1) is 11.6 Å². The van der Waals surface area contributed by atoms with Gasteiger partial charge in [-0.1, -0.05) is 48.5 Å². The van der Waals surface area contributed by atoms with Crippen molar-refractivity contribution < 1.29 is 27.6 Å². The van der Waals surface area contributed by atoms with Gasteiger partial charge < -0.3 is 16.4 Å². The molecule has 166 valence electrons. The lowest BCUT2D eigenvalue weighted by molar-refractivity contribution is -0.138. The molecule has 2 aromatic rings. The molecule has 9 heteroatoms. The monoisotopic (exact) mass is 435 g/mol. The zero-order chi connectivity index (χ0) is 23.0. The molecule has 6 nitrogen and oxygen atoms in total. The van der Waals surface area contributed by atoms with Gasteiger partial charge in [-0.25, -0.2) is 0 Å². The number of rotatable bonds is 9. The standard InChI is InChI=1S/C22H24F3N3O3/c1-14(15-7-3-2-4-8-15)27-19(29)11-12-20(30)28-18(21(26)31)13-16-9-5-6-10-17(16)22(23,24)25/h2-10,14,18H,11-13H2,1H3,(H2,26,31)(H,27,29)(H,28,30)/t14-,18-/m1/s1. The molecule has 3 amide bonds. The lowest BCUT2D eigenvalue weighted by Gasteiger charge is -2.19. The summed E-state index contributed by atoms with van der Waals surface area (Å²) < 4.78 is 39.5. The van der Waals surface area contributed by atoms with Crippen molar-refractivity contribution in [1.29, 1.82) is 0 Å². The van der Waals surface area contributed by atoms with E-state index in [1.807, 2.05) is 30.3 Å². The summed E-state index contributed by atoms with van der Waals surface area (Å²) in [6.07, 6.45) is -5.39. The van der Waals surface area contributed by atoms with Crippen molar-refractivity contribution in [2.45, 2.75) is 44.4 Å². The quantitative estimate of drug-likeness (QED) is 0.565. The second-order valence-electron chi connectivity index (χ2n) is 7.08. The van der Waals surface area contributed by atoms with E-state index in [1.54, 1.807) is 6.92 Å². The number of nitrogens with two attached hydrogens (primary N) is 1. The van der Waals surface area contributed by atoms with Crippen LogP contribution >= 0.6 is 0 Å². The number of nitrogens with one attached hydrogen (secondary N) is 2. The van der Waals surface area contributed by atoms with E-state index < -0.39 is 36.0 Å². The molecule has 0 aliphatic heterocycles. The van der Waals surface area contributed by atoms with E-state index in [9.17, 15) is 27.6 Å². The Morgan fingerprint density at radius 2 is 1.45 bits per heavy atom. The van der Waals surface area contributed by atoms with Crippen LogP contribution in [0, 0.1) is 0 Å². The highest BCUT2D eigenvalue weighted by atomic mass is 19.4. The minimum atomic E-state index is -4.60. The third-order valence-corrected chi connectivity index (χ3v) is 4.68. The summed E-state index contributed by atoms with van der Waals surface area (Å²) in [5.74, 6) is -1.99. The molecule has 0 saturated heterocycles. The number of carbonyl (C=O) groups is 3. The molecule has 2 rings (SSSR count). The Labute approximate surface area is 178 Å². The first-order valence-corrected chi connectivity index (χ1v) is 9.66. The van der Waals surface area contributed by atoms with E-state index in [2.05, 4.69) is 10.6 Å². The van der Waals surface area contributed by atoms with Gasteiger partial charge in [-0.05, 0) is 24.1 Å². The maximum Gasteiger partial charge on any atom is 0.416 e. The van der Waals surface area contributed by atoms with Crippen LogP contribution in [0.2, 0.25) is 0 Å². The fourth-order valence-electron chi connectivity index (χ4n) is 3.05. The van der Waals surface area contributed by atoms with Gasteiger partial charge >= 0.3 is 6.18 Å². The highest BCUT2D eigenvalue weighted by Gasteiger charge is 2.34. The van der Waals surface area contributed by atoms with Gasteiger partial charge in [-0.3, -0.25) is 14.4 Å². The summed E-state index contributed by atoms with van der Waals surface area (Å²) in [7, 11) is 0. The molecule has 0 saturated carbocycles. The van der Waals surface area contributed by atoms with Crippen LogP contribution in [-0.4, -0.2) is 23.8 Å². The molecule has 0 heterocycles. The minimum absolute atomic E-state index is 0.145. The predicted molar refractivity (Wildman–Crippen MR) is 109 cm³/mol. The van der Waals surface area contributed by atoms with Crippen LogP contribution in [0.15, 0.2) is 54.6 Å². The Kier molecular flexibility index (Phi) is 8.18. The number of benzene rings is 2. The van der Waals surface area contributed by atoms with Crippen LogP contribution in [0.25, 0.3) is 0 Å². The van der Waals surface area contributed by atoms with E-state index in [0.717, 1.165) is 11.6 Å².